The van der Waals surface area contributed by atoms with Gasteiger partial charge in [-0.05, 0) is 64.3 Å². The van der Waals surface area contributed by atoms with E-state index in [1.807, 2.05) is 31.2 Å². The highest BCUT2D eigenvalue weighted by molar-refractivity contribution is 9.10. The number of amides is 1. The van der Waals surface area contributed by atoms with Gasteiger partial charge in [0.2, 0.25) is 5.91 Å². The molecule has 0 fully saturated rings. The molecule has 114 valence electrons. The van der Waals surface area contributed by atoms with Crippen LogP contribution in [-0.2, 0) is 4.79 Å². The maximum absolute atomic E-state index is 12.0. The summed E-state index contributed by atoms with van der Waals surface area (Å²) >= 11 is 9.34. The number of methoxy groups -OCH3 is 1. The SMILES string of the molecule is COc1ccc(C=CC(=O)Nc2cc(Cl)ccc2C)cc1Br. The lowest BCUT2D eigenvalue weighted by atomic mass is 10.2. The largest absolute Gasteiger partial charge is 0.496 e. The number of anilines is 1. The molecular formula is C17H15BrClNO2. The van der Waals surface area contributed by atoms with Crippen molar-refractivity contribution >= 4 is 45.2 Å². The number of rotatable bonds is 4. The van der Waals surface area contributed by atoms with Gasteiger partial charge >= 0.3 is 0 Å². The number of nitrogens with one attached hydrogen (secondary N) is 1. The Kier molecular flexibility index (Phi) is 5.63. The number of ether oxygens (including phenoxy) is 1. The van der Waals surface area contributed by atoms with Gasteiger partial charge in [-0.2, -0.15) is 0 Å². The topological polar surface area (TPSA) is 38.3 Å². The Labute approximate surface area is 143 Å². The Morgan fingerprint density at radius 3 is 2.73 bits per heavy atom. The van der Waals surface area contributed by atoms with Crippen LogP contribution in [0.1, 0.15) is 11.1 Å². The Morgan fingerprint density at radius 1 is 1.27 bits per heavy atom. The quantitative estimate of drug-likeness (QED) is 0.752. The minimum absolute atomic E-state index is 0.211. The molecule has 0 unspecified atom stereocenters. The highest BCUT2D eigenvalue weighted by Crippen LogP contribution is 2.26. The molecule has 0 bridgehead atoms. The lowest BCUT2D eigenvalue weighted by molar-refractivity contribution is -0.111. The summed E-state index contributed by atoms with van der Waals surface area (Å²) in [6.07, 6.45) is 3.22. The number of carbonyl (C=O) groups is 1. The molecular weight excluding hydrogens is 366 g/mol. The van der Waals surface area contributed by atoms with Crippen molar-refractivity contribution in [3.05, 3.63) is 63.1 Å². The highest BCUT2D eigenvalue weighted by atomic mass is 79.9. The van der Waals surface area contributed by atoms with Crippen LogP contribution in [-0.4, -0.2) is 13.0 Å². The standard InChI is InChI=1S/C17H15BrClNO2/c1-11-3-6-13(19)10-15(11)20-17(21)8-5-12-4-7-16(22-2)14(18)9-12/h3-10H,1-2H3,(H,20,21). The zero-order valence-electron chi connectivity index (χ0n) is 12.2. The van der Waals surface area contributed by atoms with Gasteiger partial charge in [-0.15, -0.1) is 0 Å². The fourth-order valence-corrected chi connectivity index (χ4v) is 2.59. The smallest absolute Gasteiger partial charge is 0.248 e. The summed E-state index contributed by atoms with van der Waals surface area (Å²) < 4.78 is 6.00. The molecule has 0 aromatic heterocycles. The molecule has 0 saturated heterocycles. The van der Waals surface area contributed by atoms with Crippen LogP contribution >= 0.6 is 27.5 Å². The number of hydrogen-bond acceptors (Lipinski definition) is 2. The number of benzene rings is 2. The first kappa shape index (κ1) is 16.6. The van der Waals surface area contributed by atoms with Crippen molar-refractivity contribution in [1.29, 1.82) is 0 Å². The third kappa shape index (κ3) is 4.36. The lowest BCUT2D eigenvalue weighted by Crippen LogP contribution is -2.08. The van der Waals surface area contributed by atoms with E-state index in [9.17, 15) is 4.79 Å². The average Bonchev–Trinajstić information content (AvgIpc) is 2.49. The van der Waals surface area contributed by atoms with Gasteiger partial charge in [0.1, 0.15) is 5.75 Å². The van der Waals surface area contributed by atoms with Crippen LogP contribution in [0.3, 0.4) is 0 Å². The molecule has 2 rings (SSSR count). The van der Waals surface area contributed by atoms with Crippen molar-refractivity contribution in [2.75, 3.05) is 12.4 Å². The lowest BCUT2D eigenvalue weighted by Gasteiger charge is -2.07. The second kappa shape index (κ2) is 7.47. The number of halogens is 2. The molecule has 22 heavy (non-hydrogen) atoms. The normalized spacial score (nSPS) is 10.7. The van der Waals surface area contributed by atoms with E-state index in [1.54, 1.807) is 25.3 Å². The summed E-state index contributed by atoms with van der Waals surface area (Å²) in [7, 11) is 1.61. The van der Waals surface area contributed by atoms with Gasteiger partial charge in [0, 0.05) is 16.8 Å². The van der Waals surface area contributed by atoms with E-state index < -0.39 is 0 Å². The second-order valence-electron chi connectivity index (χ2n) is 4.68. The van der Waals surface area contributed by atoms with Crippen molar-refractivity contribution in [1.82, 2.24) is 0 Å². The Bertz CT molecular complexity index is 729. The van der Waals surface area contributed by atoms with Crippen LogP contribution in [0.4, 0.5) is 5.69 Å². The van der Waals surface area contributed by atoms with Gasteiger partial charge in [-0.3, -0.25) is 4.79 Å². The minimum atomic E-state index is -0.211. The molecule has 3 nitrogen and oxygen atoms in total. The molecule has 1 amide bonds. The number of carbonyl (C=O) groups excluding carboxylic acids is 1. The zero-order valence-corrected chi connectivity index (χ0v) is 14.5. The number of aryl methyl sites for hydroxylation is 1. The van der Waals surface area contributed by atoms with Gasteiger partial charge in [0.15, 0.2) is 0 Å². The molecule has 1 N–H and O–H groups in total. The molecule has 0 atom stereocenters. The second-order valence-corrected chi connectivity index (χ2v) is 5.97. The van der Waals surface area contributed by atoms with E-state index in [-0.39, 0.29) is 5.91 Å². The van der Waals surface area contributed by atoms with Gasteiger partial charge in [-0.25, -0.2) is 0 Å². The molecule has 0 aliphatic rings. The van der Waals surface area contributed by atoms with Gasteiger partial charge in [-0.1, -0.05) is 23.7 Å². The number of hydrogen-bond donors (Lipinski definition) is 1. The van der Waals surface area contributed by atoms with E-state index in [2.05, 4.69) is 21.2 Å². The van der Waals surface area contributed by atoms with Crippen molar-refractivity contribution < 1.29 is 9.53 Å². The fourth-order valence-electron chi connectivity index (χ4n) is 1.86. The van der Waals surface area contributed by atoms with Crippen LogP contribution in [0.2, 0.25) is 5.02 Å². The molecule has 0 radical (unpaired) electrons. The minimum Gasteiger partial charge on any atom is -0.496 e. The van der Waals surface area contributed by atoms with Crippen LogP contribution in [0.5, 0.6) is 5.75 Å². The first-order valence-corrected chi connectivity index (χ1v) is 7.75. The molecule has 2 aromatic carbocycles. The third-order valence-electron chi connectivity index (χ3n) is 3.06. The molecule has 0 heterocycles. The summed E-state index contributed by atoms with van der Waals surface area (Å²) in [6, 6.07) is 11.0. The van der Waals surface area contributed by atoms with Crippen molar-refractivity contribution in [3.63, 3.8) is 0 Å². The zero-order chi connectivity index (χ0) is 16.1. The van der Waals surface area contributed by atoms with Crippen LogP contribution in [0, 0.1) is 6.92 Å². The Balaban J connectivity index is 2.08. The third-order valence-corrected chi connectivity index (χ3v) is 3.92. The van der Waals surface area contributed by atoms with Crippen LogP contribution < -0.4 is 10.1 Å². The van der Waals surface area contributed by atoms with E-state index in [0.717, 1.165) is 21.3 Å². The van der Waals surface area contributed by atoms with Crippen molar-refractivity contribution in [2.24, 2.45) is 0 Å². The first-order chi connectivity index (χ1) is 10.5. The van der Waals surface area contributed by atoms with Crippen LogP contribution in [0.25, 0.3) is 6.08 Å². The summed E-state index contributed by atoms with van der Waals surface area (Å²) in [5.74, 6) is 0.536. The Morgan fingerprint density at radius 2 is 2.05 bits per heavy atom. The molecule has 0 aliphatic carbocycles. The summed E-state index contributed by atoms with van der Waals surface area (Å²) in [5, 5.41) is 3.40. The summed E-state index contributed by atoms with van der Waals surface area (Å²) in [6.45, 7) is 1.91. The van der Waals surface area contributed by atoms with Crippen molar-refractivity contribution in [2.45, 2.75) is 6.92 Å². The van der Waals surface area contributed by atoms with Gasteiger partial charge in [0.25, 0.3) is 0 Å². The summed E-state index contributed by atoms with van der Waals surface area (Å²) in [4.78, 5) is 12.0. The van der Waals surface area contributed by atoms with Gasteiger partial charge < -0.3 is 10.1 Å². The van der Waals surface area contributed by atoms with Crippen LogP contribution in [0.15, 0.2) is 46.9 Å². The maximum atomic E-state index is 12.0. The maximum Gasteiger partial charge on any atom is 0.248 e. The fraction of sp³-hybridized carbons (Fsp3) is 0.118. The Hall–Kier alpha value is -1.78. The van der Waals surface area contributed by atoms with E-state index in [4.69, 9.17) is 16.3 Å². The molecule has 0 spiro atoms. The van der Waals surface area contributed by atoms with Gasteiger partial charge in [0.05, 0.1) is 11.6 Å². The molecule has 0 aliphatic heterocycles. The molecule has 2 aromatic rings. The molecule has 5 heteroatoms. The van der Waals surface area contributed by atoms with Crippen molar-refractivity contribution in [3.8, 4) is 5.75 Å². The highest BCUT2D eigenvalue weighted by Gasteiger charge is 2.03. The van der Waals surface area contributed by atoms with E-state index in [0.29, 0.717) is 10.7 Å². The molecule has 0 saturated carbocycles. The average molecular weight is 381 g/mol. The first-order valence-electron chi connectivity index (χ1n) is 6.58. The predicted octanol–water partition coefficient (Wildman–Crippen LogP) is 5.07. The monoisotopic (exact) mass is 379 g/mol. The van der Waals surface area contributed by atoms with E-state index >= 15 is 0 Å². The predicted molar refractivity (Wildman–Crippen MR) is 94.5 cm³/mol. The van der Waals surface area contributed by atoms with E-state index in [1.165, 1.54) is 6.08 Å². The summed E-state index contributed by atoms with van der Waals surface area (Å²) in [5.41, 5.74) is 2.56.